The highest BCUT2D eigenvalue weighted by atomic mass is 16.5. The number of carbonyl (C=O) groups excluding carboxylic acids is 1. The summed E-state index contributed by atoms with van der Waals surface area (Å²) in [6.07, 6.45) is 11.1. The van der Waals surface area contributed by atoms with Crippen molar-refractivity contribution in [3.8, 4) is 5.75 Å². The predicted octanol–water partition coefficient (Wildman–Crippen LogP) is 5.53. The zero-order chi connectivity index (χ0) is 25.8. The van der Waals surface area contributed by atoms with Gasteiger partial charge in [0.05, 0.1) is 11.5 Å². The minimum absolute atomic E-state index is 0.175. The first-order valence-corrected chi connectivity index (χ1v) is 15.2. The fraction of sp³-hybridized carbons (Fsp3) is 0.606. The van der Waals surface area contributed by atoms with Crippen LogP contribution in [-0.2, 0) is 17.8 Å². The summed E-state index contributed by atoms with van der Waals surface area (Å²) in [5.41, 5.74) is 2.57. The predicted molar refractivity (Wildman–Crippen MR) is 152 cm³/mol. The average molecular weight is 516 g/mol. The first kappa shape index (κ1) is 25.9. The van der Waals surface area contributed by atoms with E-state index in [4.69, 9.17) is 4.74 Å². The molecule has 2 aromatic rings. The van der Waals surface area contributed by atoms with Gasteiger partial charge in [-0.05, 0) is 101 Å². The Morgan fingerprint density at radius 2 is 1.53 bits per heavy atom. The first-order valence-electron chi connectivity index (χ1n) is 15.2. The van der Waals surface area contributed by atoms with Gasteiger partial charge in [-0.25, -0.2) is 0 Å². The number of piperidine rings is 2. The number of fused-ring (bicyclic) bond motifs is 2. The van der Waals surface area contributed by atoms with Crippen molar-refractivity contribution in [1.29, 1.82) is 0 Å². The van der Waals surface area contributed by atoms with Gasteiger partial charge in [0.2, 0.25) is 5.91 Å². The lowest BCUT2D eigenvalue weighted by Crippen LogP contribution is -2.55. The number of ether oxygens (including phenoxy) is 1. The Hall–Kier alpha value is -2.37. The minimum Gasteiger partial charge on any atom is -0.491 e. The Balaban J connectivity index is 1.08. The third-order valence-corrected chi connectivity index (χ3v) is 9.92. The van der Waals surface area contributed by atoms with Crippen LogP contribution < -0.4 is 4.74 Å². The maximum Gasteiger partial charge on any atom is 0.229 e. The highest BCUT2D eigenvalue weighted by Crippen LogP contribution is 2.42. The van der Waals surface area contributed by atoms with E-state index in [2.05, 4.69) is 69.3 Å². The zero-order valence-electron chi connectivity index (χ0n) is 23.0. The van der Waals surface area contributed by atoms with Crippen molar-refractivity contribution in [3.63, 3.8) is 0 Å². The molecule has 0 unspecified atom stereocenters. The van der Waals surface area contributed by atoms with Crippen LogP contribution in [0.25, 0.3) is 0 Å². The van der Waals surface area contributed by atoms with Crippen molar-refractivity contribution in [2.75, 3.05) is 39.3 Å². The van der Waals surface area contributed by atoms with Gasteiger partial charge in [0.1, 0.15) is 12.4 Å². The molecule has 0 radical (unpaired) electrons. The fourth-order valence-electron chi connectivity index (χ4n) is 7.57. The van der Waals surface area contributed by atoms with Crippen LogP contribution in [0.4, 0.5) is 0 Å². The van der Waals surface area contributed by atoms with Gasteiger partial charge in [-0.3, -0.25) is 9.69 Å². The third kappa shape index (κ3) is 5.65. The Kier molecular flexibility index (Phi) is 8.03. The molecule has 4 aliphatic rings. The van der Waals surface area contributed by atoms with Crippen molar-refractivity contribution >= 4 is 5.91 Å². The van der Waals surface area contributed by atoms with Gasteiger partial charge in [0.15, 0.2) is 0 Å². The molecule has 1 atom stereocenters. The molecule has 2 aromatic carbocycles. The van der Waals surface area contributed by atoms with E-state index < -0.39 is 0 Å². The Morgan fingerprint density at radius 3 is 2.34 bits per heavy atom. The maximum atomic E-state index is 14.2. The molecule has 0 aromatic heterocycles. The summed E-state index contributed by atoms with van der Waals surface area (Å²) in [4.78, 5) is 21.8. The van der Waals surface area contributed by atoms with Gasteiger partial charge >= 0.3 is 0 Å². The molecule has 1 spiro atoms. The number of hydrogen-bond donors (Lipinski definition) is 0. The minimum atomic E-state index is -0.175. The van der Waals surface area contributed by atoms with E-state index in [1.165, 1.54) is 37.1 Å². The summed E-state index contributed by atoms with van der Waals surface area (Å²) in [5.74, 6) is 1.46. The topological polar surface area (TPSA) is 36.0 Å². The molecule has 0 aliphatic carbocycles. The monoisotopic (exact) mass is 515 g/mol. The normalized spacial score (nSPS) is 25.7. The van der Waals surface area contributed by atoms with E-state index in [1.807, 2.05) is 0 Å². The van der Waals surface area contributed by atoms with Crippen molar-refractivity contribution in [2.24, 2.45) is 5.41 Å². The highest BCUT2D eigenvalue weighted by Gasteiger charge is 2.46. The largest absolute Gasteiger partial charge is 0.491 e. The summed E-state index contributed by atoms with van der Waals surface area (Å²) < 4.78 is 6.33. The molecule has 0 N–H and O–H groups in total. The fourth-order valence-corrected chi connectivity index (χ4v) is 7.57. The van der Waals surface area contributed by atoms with Crippen molar-refractivity contribution in [2.45, 2.75) is 82.8 Å². The Morgan fingerprint density at radius 1 is 0.763 bits per heavy atom. The standard InChI is InChI=1S/C33H45N3O2/c37-32-33(17-7-6-12-28-11-4-5-14-31(28)38-26-30-13-8-20-36(30)32)18-23-35(24-19-33)29-15-21-34(22-16-29)25-27-9-2-1-3-10-27/h1-5,9-11,14,29-30H,6-8,12-13,15-26H2/t30-/m1/s1. The van der Waals surface area contributed by atoms with Crippen LogP contribution in [0.5, 0.6) is 5.75 Å². The molecule has 5 heteroatoms. The molecule has 0 bridgehead atoms. The molecule has 4 heterocycles. The second kappa shape index (κ2) is 11.8. The van der Waals surface area contributed by atoms with Crippen molar-refractivity contribution < 1.29 is 9.53 Å². The lowest BCUT2D eigenvalue weighted by Gasteiger charge is -2.47. The van der Waals surface area contributed by atoms with E-state index >= 15 is 0 Å². The van der Waals surface area contributed by atoms with Crippen molar-refractivity contribution in [3.05, 3.63) is 65.7 Å². The summed E-state index contributed by atoms with van der Waals surface area (Å²) in [6, 6.07) is 20.3. The number of benzene rings is 2. The molecule has 3 saturated heterocycles. The van der Waals surface area contributed by atoms with E-state index in [1.54, 1.807) is 0 Å². The average Bonchev–Trinajstić information content (AvgIpc) is 3.44. The highest BCUT2D eigenvalue weighted by molar-refractivity contribution is 5.83. The van der Waals surface area contributed by atoms with Crippen molar-refractivity contribution in [1.82, 2.24) is 14.7 Å². The van der Waals surface area contributed by atoms with Crippen LogP contribution in [0.15, 0.2) is 54.6 Å². The van der Waals surface area contributed by atoms with E-state index in [0.29, 0.717) is 18.6 Å². The van der Waals surface area contributed by atoms with Crippen LogP contribution in [0, 0.1) is 5.41 Å². The zero-order valence-corrected chi connectivity index (χ0v) is 23.0. The van der Waals surface area contributed by atoms with Gasteiger partial charge in [0, 0.05) is 19.1 Å². The molecule has 4 aliphatic heterocycles. The number of nitrogens with zero attached hydrogens (tertiary/aromatic N) is 3. The molecule has 1 amide bonds. The molecular weight excluding hydrogens is 470 g/mol. The lowest BCUT2D eigenvalue weighted by molar-refractivity contribution is -0.148. The molecule has 0 saturated carbocycles. The molecule has 6 rings (SSSR count). The number of aryl methyl sites for hydroxylation is 1. The van der Waals surface area contributed by atoms with E-state index in [-0.39, 0.29) is 11.5 Å². The SMILES string of the molecule is O=C1N2CCC[C@@H]2COc2ccccc2CCCCC12CCN(C1CCN(Cc3ccccc3)CC1)CC2. The van der Waals surface area contributed by atoms with Crippen LogP contribution in [0.2, 0.25) is 0 Å². The summed E-state index contributed by atoms with van der Waals surface area (Å²) >= 11 is 0. The van der Waals surface area contributed by atoms with Gasteiger partial charge in [-0.15, -0.1) is 0 Å². The smallest absolute Gasteiger partial charge is 0.229 e. The van der Waals surface area contributed by atoms with Crippen LogP contribution in [0.3, 0.4) is 0 Å². The van der Waals surface area contributed by atoms with E-state index in [9.17, 15) is 4.79 Å². The molecular formula is C33H45N3O2. The van der Waals surface area contributed by atoms with Crippen LogP contribution in [0.1, 0.15) is 68.9 Å². The van der Waals surface area contributed by atoms with Crippen LogP contribution in [-0.4, -0.2) is 72.0 Å². The number of rotatable bonds is 3. The second-order valence-corrected chi connectivity index (χ2v) is 12.2. The Labute approximate surface area is 229 Å². The molecule has 38 heavy (non-hydrogen) atoms. The summed E-state index contributed by atoms with van der Waals surface area (Å²) in [7, 11) is 0. The maximum absolute atomic E-state index is 14.2. The number of carbonyl (C=O) groups is 1. The van der Waals surface area contributed by atoms with Gasteiger partial charge in [-0.1, -0.05) is 55.0 Å². The Bertz CT molecular complexity index is 1060. The number of likely N-dealkylation sites (tertiary alicyclic amines) is 2. The molecule has 5 nitrogen and oxygen atoms in total. The summed E-state index contributed by atoms with van der Waals surface area (Å²) in [6.45, 7) is 7.11. The molecule has 204 valence electrons. The quantitative estimate of drug-likeness (QED) is 0.539. The van der Waals surface area contributed by atoms with Gasteiger partial charge in [0.25, 0.3) is 0 Å². The number of para-hydroxylation sites is 1. The van der Waals surface area contributed by atoms with E-state index in [0.717, 1.165) is 83.3 Å². The first-order chi connectivity index (χ1) is 18.7. The third-order valence-electron chi connectivity index (χ3n) is 9.92. The summed E-state index contributed by atoms with van der Waals surface area (Å²) in [5, 5.41) is 0. The number of amides is 1. The number of hydrogen-bond acceptors (Lipinski definition) is 4. The van der Waals surface area contributed by atoms with Gasteiger partial charge in [-0.2, -0.15) is 0 Å². The van der Waals surface area contributed by atoms with Crippen LogP contribution >= 0.6 is 0 Å². The van der Waals surface area contributed by atoms with Gasteiger partial charge < -0.3 is 14.5 Å². The molecule has 3 fully saturated rings. The second-order valence-electron chi connectivity index (χ2n) is 12.2. The lowest BCUT2D eigenvalue weighted by atomic mass is 9.72.